The summed E-state index contributed by atoms with van der Waals surface area (Å²) in [6, 6.07) is 6.32. The molecule has 1 aliphatic heterocycles. The molecular formula is C13H20N2O2. The molecule has 1 aromatic rings. The third kappa shape index (κ3) is 2.82. The number of methoxy groups -OCH3 is 2. The Morgan fingerprint density at radius 1 is 1.06 bits per heavy atom. The highest BCUT2D eigenvalue weighted by atomic mass is 16.5. The maximum Gasteiger partial charge on any atom is 0.124 e. The second-order valence-electron chi connectivity index (χ2n) is 4.40. The Morgan fingerprint density at radius 2 is 1.59 bits per heavy atom. The van der Waals surface area contributed by atoms with Crippen molar-refractivity contribution in [3.8, 4) is 11.5 Å². The lowest BCUT2D eigenvalue weighted by atomic mass is 10.1. The lowest BCUT2D eigenvalue weighted by Gasteiger charge is -2.32. The van der Waals surface area contributed by atoms with Gasteiger partial charge in [-0.1, -0.05) is 0 Å². The highest BCUT2D eigenvalue weighted by Gasteiger charge is 2.17. The van der Waals surface area contributed by atoms with Gasteiger partial charge in [0.1, 0.15) is 11.5 Å². The standard InChI is InChI=1S/C13H20N2O2/c1-16-12-7-11(8-13(9-12)17-2)15-5-3-10(14)4-6-15/h7-10H,3-6,14H2,1-2H3. The fourth-order valence-corrected chi connectivity index (χ4v) is 2.13. The van der Waals surface area contributed by atoms with E-state index in [9.17, 15) is 0 Å². The highest BCUT2D eigenvalue weighted by Crippen LogP contribution is 2.29. The number of anilines is 1. The van der Waals surface area contributed by atoms with Crippen molar-refractivity contribution in [2.75, 3.05) is 32.2 Å². The number of rotatable bonds is 3. The summed E-state index contributed by atoms with van der Waals surface area (Å²) in [7, 11) is 3.34. The van der Waals surface area contributed by atoms with Crippen LogP contribution in [-0.4, -0.2) is 33.4 Å². The fourth-order valence-electron chi connectivity index (χ4n) is 2.13. The SMILES string of the molecule is COc1cc(OC)cc(N2CCC(N)CC2)c1. The molecule has 0 bridgehead atoms. The summed E-state index contributed by atoms with van der Waals surface area (Å²) in [4.78, 5) is 2.33. The molecule has 1 fully saturated rings. The summed E-state index contributed by atoms with van der Waals surface area (Å²) >= 11 is 0. The van der Waals surface area contributed by atoms with Crippen LogP contribution in [0.5, 0.6) is 11.5 Å². The third-order valence-corrected chi connectivity index (χ3v) is 3.24. The molecule has 0 atom stereocenters. The molecule has 94 valence electrons. The number of hydrogen-bond acceptors (Lipinski definition) is 4. The van der Waals surface area contributed by atoms with Crippen molar-refractivity contribution in [2.24, 2.45) is 5.73 Å². The summed E-state index contributed by atoms with van der Waals surface area (Å²) in [5.74, 6) is 1.66. The first-order chi connectivity index (χ1) is 8.22. The number of nitrogens with zero attached hydrogens (tertiary/aromatic N) is 1. The number of ether oxygens (including phenoxy) is 2. The minimum atomic E-state index is 0.346. The minimum absolute atomic E-state index is 0.346. The zero-order valence-electron chi connectivity index (χ0n) is 10.5. The number of piperidine rings is 1. The number of hydrogen-bond donors (Lipinski definition) is 1. The van der Waals surface area contributed by atoms with Gasteiger partial charge in [0.2, 0.25) is 0 Å². The van der Waals surface area contributed by atoms with Crippen LogP contribution in [0.3, 0.4) is 0 Å². The van der Waals surface area contributed by atoms with E-state index in [4.69, 9.17) is 15.2 Å². The summed E-state index contributed by atoms with van der Waals surface area (Å²) in [5.41, 5.74) is 7.06. The molecule has 2 N–H and O–H groups in total. The molecule has 0 saturated carbocycles. The minimum Gasteiger partial charge on any atom is -0.497 e. The van der Waals surface area contributed by atoms with Gasteiger partial charge in [0.25, 0.3) is 0 Å². The first kappa shape index (κ1) is 12.0. The molecule has 4 nitrogen and oxygen atoms in total. The normalized spacial score (nSPS) is 17.0. The zero-order chi connectivity index (χ0) is 12.3. The van der Waals surface area contributed by atoms with Crippen molar-refractivity contribution < 1.29 is 9.47 Å². The molecule has 17 heavy (non-hydrogen) atoms. The number of nitrogens with two attached hydrogens (primary N) is 1. The molecule has 0 unspecified atom stereocenters. The van der Waals surface area contributed by atoms with Gasteiger partial charge in [0, 0.05) is 43.0 Å². The smallest absolute Gasteiger partial charge is 0.124 e. The van der Waals surface area contributed by atoms with Gasteiger partial charge in [-0.15, -0.1) is 0 Å². The Balaban J connectivity index is 2.19. The maximum atomic E-state index is 5.91. The van der Waals surface area contributed by atoms with Gasteiger partial charge >= 0.3 is 0 Å². The summed E-state index contributed by atoms with van der Waals surface area (Å²) < 4.78 is 10.6. The molecule has 0 radical (unpaired) electrons. The Morgan fingerprint density at radius 3 is 2.06 bits per heavy atom. The van der Waals surface area contributed by atoms with Crippen LogP contribution < -0.4 is 20.1 Å². The molecule has 0 aromatic heterocycles. The summed E-state index contributed by atoms with van der Waals surface area (Å²) in [6.45, 7) is 2.00. The molecule has 0 spiro atoms. The average molecular weight is 236 g/mol. The molecule has 4 heteroatoms. The lowest BCUT2D eigenvalue weighted by Crippen LogP contribution is -2.39. The van der Waals surface area contributed by atoms with Crippen molar-refractivity contribution in [2.45, 2.75) is 18.9 Å². The molecule has 1 heterocycles. The molecular weight excluding hydrogens is 216 g/mol. The largest absolute Gasteiger partial charge is 0.497 e. The second-order valence-corrected chi connectivity index (χ2v) is 4.40. The van der Waals surface area contributed by atoms with Gasteiger partial charge in [-0.25, -0.2) is 0 Å². The summed E-state index contributed by atoms with van der Waals surface area (Å²) in [5, 5.41) is 0. The van der Waals surface area contributed by atoms with E-state index in [2.05, 4.69) is 4.90 Å². The maximum absolute atomic E-state index is 5.91. The van der Waals surface area contributed by atoms with Gasteiger partial charge < -0.3 is 20.1 Å². The third-order valence-electron chi connectivity index (χ3n) is 3.24. The summed E-state index contributed by atoms with van der Waals surface area (Å²) in [6.07, 6.45) is 2.08. The van der Waals surface area contributed by atoms with Gasteiger partial charge in [0.05, 0.1) is 14.2 Å². The van der Waals surface area contributed by atoms with Crippen molar-refractivity contribution in [1.29, 1.82) is 0 Å². The van der Waals surface area contributed by atoms with Crippen molar-refractivity contribution in [1.82, 2.24) is 0 Å². The first-order valence-electron chi connectivity index (χ1n) is 5.96. The van der Waals surface area contributed by atoms with Gasteiger partial charge in [0.15, 0.2) is 0 Å². The van der Waals surface area contributed by atoms with E-state index in [0.717, 1.165) is 43.1 Å². The number of benzene rings is 1. The van der Waals surface area contributed by atoms with Crippen LogP contribution in [0.1, 0.15) is 12.8 Å². The van der Waals surface area contributed by atoms with Crippen LogP contribution in [0.15, 0.2) is 18.2 Å². The van der Waals surface area contributed by atoms with Gasteiger partial charge in [-0.3, -0.25) is 0 Å². The van der Waals surface area contributed by atoms with Crippen LogP contribution in [-0.2, 0) is 0 Å². The predicted molar refractivity (Wildman–Crippen MR) is 69.0 cm³/mol. The van der Waals surface area contributed by atoms with Gasteiger partial charge in [-0.2, -0.15) is 0 Å². The van der Waals surface area contributed by atoms with E-state index >= 15 is 0 Å². The molecule has 1 aromatic carbocycles. The monoisotopic (exact) mass is 236 g/mol. The zero-order valence-corrected chi connectivity index (χ0v) is 10.5. The lowest BCUT2D eigenvalue weighted by molar-refractivity contribution is 0.394. The molecule has 2 rings (SSSR count). The van der Waals surface area contributed by atoms with E-state index in [1.165, 1.54) is 0 Å². The fraction of sp³-hybridized carbons (Fsp3) is 0.538. The van der Waals surface area contributed by atoms with E-state index in [-0.39, 0.29) is 0 Å². The van der Waals surface area contributed by atoms with Crippen molar-refractivity contribution in [3.05, 3.63) is 18.2 Å². The van der Waals surface area contributed by atoms with Crippen LogP contribution in [0.25, 0.3) is 0 Å². The Labute approximate surface area is 102 Å². The van der Waals surface area contributed by atoms with E-state index in [1.807, 2.05) is 18.2 Å². The highest BCUT2D eigenvalue weighted by molar-refractivity contribution is 5.56. The topological polar surface area (TPSA) is 47.7 Å². The second kappa shape index (κ2) is 5.27. The van der Waals surface area contributed by atoms with Crippen molar-refractivity contribution >= 4 is 5.69 Å². The van der Waals surface area contributed by atoms with Gasteiger partial charge in [-0.05, 0) is 12.8 Å². The predicted octanol–water partition coefficient (Wildman–Crippen LogP) is 1.63. The average Bonchev–Trinajstić information content (AvgIpc) is 2.39. The van der Waals surface area contributed by atoms with Crippen LogP contribution in [0, 0.1) is 0 Å². The van der Waals surface area contributed by atoms with E-state index in [1.54, 1.807) is 14.2 Å². The molecule has 1 aliphatic rings. The van der Waals surface area contributed by atoms with Crippen LogP contribution in [0.4, 0.5) is 5.69 Å². The Bertz CT molecular complexity index is 351. The molecule has 1 saturated heterocycles. The van der Waals surface area contributed by atoms with E-state index < -0.39 is 0 Å². The van der Waals surface area contributed by atoms with Crippen LogP contribution in [0.2, 0.25) is 0 Å². The van der Waals surface area contributed by atoms with Crippen molar-refractivity contribution in [3.63, 3.8) is 0 Å². The van der Waals surface area contributed by atoms with E-state index in [0.29, 0.717) is 6.04 Å². The quantitative estimate of drug-likeness (QED) is 0.866. The Hall–Kier alpha value is -1.42. The molecule has 0 amide bonds. The first-order valence-corrected chi connectivity index (χ1v) is 5.96. The van der Waals surface area contributed by atoms with Crippen LogP contribution >= 0.6 is 0 Å². The Kier molecular flexibility index (Phi) is 3.74. The molecule has 0 aliphatic carbocycles.